The van der Waals surface area contributed by atoms with E-state index < -0.39 is 6.10 Å². The molecule has 1 amide bonds. The Kier molecular flexibility index (Phi) is 7.22. The van der Waals surface area contributed by atoms with E-state index in [1.54, 1.807) is 11.9 Å². The predicted octanol–water partition coefficient (Wildman–Crippen LogP) is 1.13. The Balaban J connectivity index is 2.42. The summed E-state index contributed by atoms with van der Waals surface area (Å²) in [7, 11) is 3.33. The maximum Gasteiger partial charge on any atom is 0.238 e. The summed E-state index contributed by atoms with van der Waals surface area (Å²) >= 11 is 0. The van der Waals surface area contributed by atoms with Crippen LogP contribution in [0.4, 0.5) is 5.69 Å². The third-order valence-electron chi connectivity index (χ3n) is 2.91. The fourth-order valence-electron chi connectivity index (χ4n) is 1.98. The largest absolute Gasteiger partial charge is 0.389 e. The van der Waals surface area contributed by atoms with Crippen molar-refractivity contribution in [1.82, 2.24) is 4.90 Å². The Bertz CT molecular complexity index is 423. The zero-order chi connectivity index (χ0) is 15.0. The van der Waals surface area contributed by atoms with Crippen LogP contribution in [0.1, 0.15) is 12.5 Å². The van der Waals surface area contributed by atoms with Gasteiger partial charge in [-0.05, 0) is 31.2 Å². The van der Waals surface area contributed by atoms with Crippen LogP contribution in [0.5, 0.6) is 0 Å². The van der Waals surface area contributed by atoms with Crippen LogP contribution in [0.25, 0.3) is 0 Å². The molecule has 0 saturated heterocycles. The second-order valence-corrected chi connectivity index (χ2v) is 4.91. The number of aliphatic hydroxyl groups is 1. The van der Waals surface area contributed by atoms with Crippen LogP contribution in [0, 0.1) is 0 Å². The normalized spacial score (nSPS) is 12.4. The third-order valence-corrected chi connectivity index (χ3v) is 2.91. The number of amides is 1. The fraction of sp³-hybridized carbons (Fsp3) is 0.533. The van der Waals surface area contributed by atoms with Gasteiger partial charge in [-0.25, -0.2) is 0 Å². The first-order chi connectivity index (χ1) is 9.55. The Hall–Kier alpha value is -1.43. The Morgan fingerprint density at radius 1 is 1.50 bits per heavy atom. The number of aliphatic hydroxyl groups excluding tert-OH is 1. The molecule has 2 N–H and O–H groups in total. The van der Waals surface area contributed by atoms with Gasteiger partial charge in [-0.2, -0.15) is 0 Å². The van der Waals surface area contributed by atoms with Gasteiger partial charge in [0.2, 0.25) is 5.91 Å². The van der Waals surface area contributed by atoms with E-state index in [1.807, 2.05) is 24.3 Å². The molecule has 0 aromatic heterocycles. The first-order valence-electron chi connectivity index (χ1n) is 6.79. The maximum absolute atomic E-state index is 11.9. The highest BCUT2D eigenvalue weighted by atomic mass is 16.5. The van der Waals surface area contributed by atoms with Crippen LogP contribution in [0.3, 0.4) is 0 Å². The van der Waals surface area contributed by atoms with Crippen molar-refractivity contribution in [3.8, 4) is 0 Å². The molecule has 0 bridgehead atoms. The number of carbonyl (C=O) groups excluding carboxylic acids is 1. The quantitative estimate of drug-likeness (QED) is 0.749. The SMILES string of the molecule is CCc1cccc(NC(=O)CN(C)CC(O)COC)c1. The van der Waals surface area contributed by atoms with Gasteiger partial charge in [-0.3, -0.25) is 9.69 Å². The van der Waals surface area contributed by atoms with E-state index in [9.17, 15) is 9.90 Å². The molecule has 112 valence electrons. The first kappa shape index (κ1) is 16.6. The molecule has 0 aliphatic heterocycles. The van der Waals surface area contributed by atoms with Crippen LogP contribution in [-0.4, -0.2) is 55.9 Å². The van der Waals surface area contributed by atoms with Crippen molar-refractivity contribution in [2.45, 2.75) is 19.4 Å². The number of anilines is 1. The minimum absolute atomic E-state index is 0.0923. The molecular weight excluding hydrogens is 256 g/mol. The number of hydrogen-bond acceptors (Lipinski definition) is 4. The lowest BCUT2D eigenvalue weighted by atomic mass is 10.1. The van der Waals surface area contributed by atoms with E-state index in [1.165, 1.54) is 12.7 Å². The van der Waals surface area contributed by atoms with Crippen LogP contribution in [-0.2, 0) is 16.0 Å². The van der Waals surface area contributed by atoms with Crippen molar-refractivity contribution in [2.24, 2.45) is 0 Å². The van der Waals surface area contributed by atoms with Gasteiger partial charge in [-0.1, -0.05) is 19.1 Å². The van der Waals surface area contributed by atoms with Crippen molar-refractivity contribution in [3.63, 3.8) is 0 Å². The fourth-order valence-corrected chi connectivity index (χ4v) is 1.98. The number of benzene rings is 1. The summed E-state index contributed by atoms with van der Waals surface area (Å²) in [5.74, 6) is -0.0923. The van der Waals surface area contributed by atoms with Gasteiger partial charge in [0, 0.05) is 19.3 Å². The molecule has 1 aromatic rings. The molecule has 0 spiro atoms. The Labute approximate surface area is 120 Å². The number of ether oxygens (including phenoxy) is 1. The number of carbonyl (C=O) groups is 1. The second-order valence-electron chi connectivity index (χ2n) is 4.91. The summed E-state index contributed by atoms with van der Waals surface area (Å²) in [6.45, 7) is 2.98. The third kappa shape index (κ3) is 6.14. The molecule has 5 heteroatoms. The van der Waals surface area contributed by atoms with Gasteiger partial charge in [-0.15, -0.1) is 0 Å². The first-order valence-corrected chi connectivity index (χ1v) is 6.79. The van der Waals surface area contributed by atoms with Gasteiger partial charge >= 0.3 is 0 Å². The highest BCUT2D eigenvalue weighted by molar-refractivity contribution is 5.92. The van der Waals surface area contributed by atoms with Crippen molar-refractivity contribution < 1.29 is 14.6 Å². The Morgan fingerprint density at radius 2 is 2.25 bits per heavy atom. The summed E-state index contributed by atoms with van der Waals surface area (Å²) in [5.41, 5.74) is 1.99. The van der Waals surface area contributed by atoms with Gasteiger partial charge < -0.3 is 15.2 Å². The molecule has 0 heterocycles. The number of nitrogens with one attached hydrogen (secondary N) is 1. The smallest absolute Gasteiger partial charge is 0.238 e. The number of nitrogens with zero attached hydrogens (tertiary/aromatic N) is 1. The number of methoxy groups -OCH3 is 1. The maximum atomic E-state index is 11.9. The van der Waals surface area contributed by atoms with E-state index in [4.69, 9.17) is 4.74 Å². The molecular formula is C15H24N2O3. The van der Waals surface area contributed by atoms with Gasteiger partial charge in [0.25, 0.3) is 0 Å². The molecule has 1 aromatic carbocycles. The molecule has 20 heavy (non-hydrogen) atoms. The highest BCUT2D eigenvalue weighted by Gasteiger charge is 2.11. The molecule has 0 saturated carbocycles. The zero-order valence-electron chi connectivity index (χ0n) is 12.4. The zero-order valence-corrected chi connectivity index (χ0v) is 12.4. The lowest BCUT2D eigenvalue weighted by Gasteiger charge is -2.19. The molecule has 5 nitrogen and oxygen atoms in total. The number of hydrogen-bond donors (Lipinski definition) is 2. The lowest BCUT2D eigenvalue weighted by Crippen LogP contribution is -2.37. The predicted molar refractivity (Wildman–Crippen MR) is 79.8 cm³/mol. The summed E-state index contributed by atoms with van der Waals surface area (Å²) in [6, 6.07) is 7.80. The van der Waals surface area contributed by atoms with Crippen LogP contribution >= 0.6 is 0 Å². The second kappa shape index (κ2) is 8.68. The summed E-state index contributed by atoms with van der Waals surface area (Å²) in [5, 5.41) is 12.5. The van der Waals surface area contributed by atoms with Crippen LogP contribution in [0.2, 0.25) is 0 Å². The average molecular weight is 280 g/mol. The molecule has 0 aliphatic carbocycles. The van der Waals surface area contributed by atoms with Crippen molar-refractivity contribution in [3.05, 3.63) is 29.8 Å². The van der Waals surface area contributed by atoms with E-state index in [2.05, 4.69) is 12.2 Å². The molecule has 1 rings (SSSR count). The number of aryl methyl sites for hydroxylation is 1. The molecule has 0 aliphatic rings. The van der Waals surface area contributed by atoms with E-state index in [-0.39, 0.29) is 19.1 Å². The minimum Gasteiger partial charge on any atom is -0.389 e. The van der Waals surface area contributed by atoms with E-state index in [0.717, 1.165) is 12.1 Å². The van der Waals surface area contributed by atoms with Gasteiger partial charge in [0.1, 0.15) is 0 Å². The Morgan fingerprint density at radius 3 is 2.90 bits per heavy atom. The van der Waals surface area contributed by atoms with Gasteiger partial charge in [0.05, 0.1) is 19.3 Å². The van der Waals surface area contributed by atoms with E-state index >= 15 is 0 Å². The molecule has 0 fully saturated rings. The standard InChI is InChI=1S/C15H24N2O3/c1-4-12-6-5-7-13(8-12)16-15(19)10-17(2)9-14(18)11-20-3/h5-8,14,18H,4,9-11H2,1-3H3,(H,16,19). The van der Waals surface area contributed by atoms with Crippen LogP contribution in [0.15, 0.2) is 24.3 Å². The molecule has 0 radical (unpaired) electrons. The monoisotopic (exact) mass is 280 g/mol. The van der Waals surface area contributed by atoms with Gasteiger partial charge in [0.15, 0.2) is 0 Å². The van der Waals surface area contributed by atoms with Crippen molar-refractivity contribution in [1.29, 1.82) is 0 Å². The topological polar surface area (TPSA) is 61.8 Å². The lowest BCUT2D eigenvalue weighted by molar-refractivity contribution is -0.117. The minimum atomic E-state index is -0.582. The summed E-state index contributed by atoms with van der Waals surface area (Å²) < 4.78 is 4.85. The average Bonchev–Trinajstić information content (AvgIpc) is 2.38. The molecule has 1 atom stereocenters. The van der Waals surface area contributed by atoms with Crippen molar-refractivity contribution >= 4 is 11.6 Å². The van der Waals surface area contributed by atoms with E-state index in [0.29, 0.717) is 6.54 Å². The van der Waals surface area contributed by atoms with Crippen molar-refractivity contribution in [2.75, 3.05) is 39.2 Å². The number of likely N-dealkylation sites (N-methyl/N-ethyl adjacent to an activating group) is 1. The highest BCUT2D eigenvalue weighted by Crippen LogP contribution is 2.10. The number of rotatable bonds is 8. The van der Waals surface area contributed by atoms with Crippen LogP contribution < -0.4 is 5.32 Å². The summed E-state index contributed by atoms with van der Waals surface area (Å²) in [6.07, 6.45) is 0.355. The summed E-state index contributed by atoms with van der Waals surface area (Å²) in [4.78, 5) is 13.7. The molecule has 1 unspecified atom stereocenters.